The molecule has 0 saturated carbocycles. The van der Waals surface area contributed by atoms with Gasteiger partial charge in [-0.15, -0.1) is 11.3 Å². The predicted molar refractivity (Wildman–Crippen MR) is 102 cm³/mol. The Morgan fingerprint density at radius 3 is 2.56 bits per heavy atom. The van der Waals surface area contributed by atoms with E-state index >= 15 is 0 Å². The first kappa shape index (κ1) is 20.6. The zero-order valence-electron chi connectivity index (χ0n) is 14.9. The van der Waals surface area contributed by atoms with E-state index in [-0.39, 0.29) is 22.0 Å². The smallest absolute Gasteiger partial charge is 0.252 e. The molecule has 0 spiro atoms. The molecular weight excluding hydrogens is 382 g/mol. The molecule has 1 unspecified atom stereocenters. The number of halogens is 1. The molecule has 0 radical (unpaired) electrons. The van der Waals surface area contributed by atoms with Crippen LogP contribution in [0.5, 0.6) is 0 Å². The van der Waals surface area contributed by atoms with Crippen molar-refractivity contribution in [1.29, 1.82) is 0 Å². The van der Waals surface area contributed by atoms with Crippen molar-refractivity contribution in [3.05, 3.63) is 16.5 Å². The summed E-state index contributed by atoms with van der Waals surface area (Å²) in [4.78, 5) is 14.3. The fourth-order valence-electron chi connectivity index (χ4n) is 2.96. The van der Waals surface area contributed by atoms with Crippen molar-refractivity contribution in [2.75, 3.05) is 40.3 Å². The summed E-state index contributed by atoms with van der Waals surface area (Å²) in [5.41, 5.74) is 0. The van der Waals surface area contributed by atoms with Crippen LogP contribution < -0.4 is 5.32 Å². The first-order valence-electron chi connectivity index (χ1n) is 8.39. The molecule has 1 aliphatic heterocycles. The average molecular weight is 408 g/mol. The first-order chi connectivity index (χ1) is 11.7. The first-order valence-corrected chi connectivity index (χ1v) is 11.0. The molecule has 1 aliphatic rings. The number of thiophene rings is 1. The Morgan fingerprint density at radius 2 is 2.04 bits per heavy atom. The Labute approximate surface area is 159 Å². The van der Waals surface area contributed by atoms with E-state index in [1.807, 2.05) is 25.9 Å². The van der Waals surface area contributed by atoms with Gasteiger partial charge < -0.3 is 10.2 Å². The molecule has 1 N–H and O–H groups in total. The van der Waals surface area contributed by atoms with Crippen molar-refractivity contribution in [2.24, 2.45) is 11.8 Å². The third-order valence-electron chi connectivity index (χ3n) is 4.62. The lowest BCUT2D eigenvalue weighted by Gasteiger charge is -2.33. The Hall–Kier alpha value is -0.670. The Balaban J connectivity index is 1.87. The minimum Gasteiger partial charge on any atom is -0.355 e. The molecule has 1 fully saturated rings. The SMILES string of the molecule is CC(C(=O)NCCN(C)C)C1CCN(S(=O)(=O)c2ccc(Cl)s2)CC1. The normalized spacial score (nSPS) is 18.4. The average Bonchev–Trinajstić information content (AvgIpc) is 3.01. The van der Waals surface area contributed by atoms with Gasteiger partial charge in [0.1, 0.15) is 4.21 Å². The Bertz CT molecular complexity index is 683. The lowest BCUT2D eigenvalue weighted by Crippen LogP contribution is -2.43. The highest BCUT2D eigenvalue weighted by atomic mass is 35.5. The highest BCUT2D eigenvalue weighted by molar-refractivity contribution is 7.91. The standard InChI is InChI=1S/C16H26ClN3O3S2/c1-12(16(21)18-8-11-19(2)3)13-6-9-20(10-7-13)25(22,23)15-5-4-14(17)24-15/h4-5,12-13H,6-11H2,1-3H3,(H,18,21). The minimum atomic E-state index is -3.47. The number of piperidine rings is 1. The number of rotatable bonds is 7. The minimum absolute atomic E-state index is 0.0493. The molecule has 1 amide bonds. The van der Waals surface area contributed by atoms with Crippen LogP contribution in [0.25, 0.3) is 0 Å². The van der Waals surface area contributed by atoms with Crippen LogP contribution in [0.1, 0.15) is 19.8 Å². The van der Waals surface area contributed by atoms with Crippen LogP contribution in [0.2, 0.25) is 4.34 Å². The van der Waals surface area contributed by atoms with E-state index in [4.69, 9.17) is 11.6 Å². The summed E-state index contributed by atoms with van der Waals surface area (Å²) in [5.74, 6) is 0.147. The van der Waals surface area contributed by atoms with Gasteiger partial charge in [0.05, 0.1) is 4.34 Å². The molecule has 0 aromatic carbocycles. The number of hydrogen-bond acceptors (Lipinski definition) is 5. The molecule has 6 nitrogen and oxygen atoms in total. The Kier molecular flexibility index (Phi) is 7.28. The number of carbonyl (C=O) groups excluding carboxylic acids is 1. The molecule has 1 saturated heterocycles. The second-order valence-corrected chi connectivity index (χ2v) is 10.6. The molecule has 1 aromatic rings. The summed E-state index contributed by atoms with van der Waals surface area (Å²) in [7, 11) is 0.457. The van der Waals surface area contributed by atoms with Crippen molar-refractivity contribution in [2.45, 2.75) is 24.0 Å². The third kappa shape index (κ3) is 5.40. The highest BCUT2D eigenvalue weighted by Gasteiger charge is 2.33. The summed E-state index contributed by atoms with van der Waals surface area (Å²) in [6, 6.07) is 3.15. The molecule has 0 bridgehead atoms. The van der Waals surface area contributed by atoms with Crippen LogP contribution >= 0.6 is 22.9 Å². The lowest BCUT2D eigenvalue weighted by atomic mass is 9.85. The van der Waals surface area contributed by atoms with Crippen LogP contribution in [0, 0.1) is 11.8 Å². The fraction of sp³-hybridized carbons (Fsp3) is 0.688. The summed E-state index contributed by atoms with van der Waals surface area (Å²) in [5, 5.41) is 2.96. The number of nitrogens with zero attached hydrogens (tertiary/aromatic N) is 2. The quantitative estimate of drug-likeness (QED) is 0.751. The lowest BCUT2D eigenvalue weighted by molar-refractivity contribution is -0.126. The highest BCUT2D eigenvalue weighted by Crippen LogP contribution is 2.32. The van der Waals surface area contributed by atoms with Crippen molar-refractivity contribution in [1.82, 2.24) is 14.5 Å². The second kappa shape index (κ2) is 8.81. The number of amides is 1. The maximum absolute atomic E-state index is 12.6. The second-order valence-electron chi connectivity index (χ2n) is 6.68. The molecular formula is C16H26ClN3O3S2. The zero-order valence-corrected chi connectivity index (χ0v) is 17.3. The van der Waals surface area contributed by atoms with Crippen LogP contribution in [0.4, 0.5) is 0 Å². The van der Waals surface area contributed by atoms with E-state index in [1.54, 1.807) is 12.1 Å². The number of hydrogen-bond donors (Lipinski definition) is 1. The van der Waals surface area contributed by atoms with E-state index in [1.165, 1.54) is 4.31 Å². The number of sulfonamides is 1. The molecule has 1 aromatic heterocycles. The fourth-order valence-corrected chi connectivity index (χ4v) is 6.06. The van der Waals surface area contributed by atoms with E-state index in [9.17, 15) is 13.2 Å². The maximum Gasteiger partial charge on any atom is 0.252 e. The van der Waals surface area contributed by atoms with Crippen molar-refractivity contribution in [3.8, 4) is 0 Å². The number of nitrogens with one attached hydrogen (secondary N) is 1. The molecule has 0 aliphatic carbocycles. The third-order valence-corrected chi connectivity index (χ3v) is 8.22. The molecule has 1 atom stereocenters. The topological polar surface area (TPSA) is 69.7 Å². The van der Waals surface area contributed by atoms with E-state index in [0.717, 1.165) is 17.9 Å². The molecule has 2 rings (SSSR count). The zero-order chi connectivity index (χ0) is 18.6. The van der Waals surface area contributed by atoms with Gasteiger partial charge in [-0.3, -0.25) is 4.79 Å². The van der Waals surface area contributed by atoms with Crippen LogP contribution in [-0.2, 0) is 14.8 Å². The van der Waals surface area contributed by atoms with Gasteiger partial charge in [-0.1, -0.05) is 18.5 Å². The summed E-state index contributed by atoms with van der Waals surface area (Å²) in [6.07, 6.45) is 1.39. The van der Waals surface area contributed by atoms with Crippen LogP contribution in [0.3, 0.4) is 0 Å². The number of likely N-dealkylation sites (N-methyl/N-ethyl adjacent to an activating group) is 1. The van der Waals surface area contributed by atoms with Crippen molar-refractivity contribution >= 4 is 38.9 Å². The number of carbonyl (C=O) groups is 1. The molecule has 142 valence electrons. The molecule has 9 heteroatoms. The van der Waals surface area contributed by atoms with Gasteiger partial charge in [-0.2, -0.15) is 4.31 Å². The van der Waals surface area contributed by atoms with Gasteiger partial charge in [0.2, 0.25) is 5.91 Å². The predicted octanol–water partition coefficient (Wildman–Crippen LogP) is 2.12. The van der Waals surface area contributed by atoms with E-state index in [0.29, 0.717) is 36.8 Å². The molecule has 25 heavy (non-hydrogen) atoms. The van der Waals surface area contributed by atoms with Gasteiger partial charge >= 0.3 is 0 Å². The van der Waals surface area contributed by atoms with Gasteiger partial charge in [0.15, 0.2) is 0 Å². The largest absolute Gasteiger partial charge is 0.355 e. The summed E-state index contributed by atoms with van der Waals surface area (Å²) >= 11 is 6.93. The van der Waals surface area contributed by atoms with Gasteiger partial charge in [-0.05, 0) is 45.0 Å². The van der Waals surface area contributed by atoms with Crippen LogP contribution in [0.15, 0.2) is 16.3 Å². The van der Waals surface area contributed by atoms with Gasteiger partial charge in [-0.25, -0.2) is 8.42 Å². The Morgan fingerprint density at radius 1 is 1.40 bits per heavy atom. The van der Waals surface area contributed by atoms with Gasteiger partial charge in [0.25, 0.3) is 10.0 Å². The van der Waals surface area contributed by atoms with E-state index in [2.05, 4.69) is 5.32 Å². The van der Waals surface area contributed by atoms with E-state index < -0.39 is 10.0 Å². The van der Waals surface area contributed by atoms with Gasteiger partial charge in [0, 0.05) is 32.1 Å². The van der Waals surface area contributed by atoms with Crippen molar-refractivity contribution in [3.63, 3.8) is 0 Å². The summed E-state index contributed by atoms with van der Waals surface area (Å²) in [6.45, 7) is 4.25. The van der Waals surface area contributed by atoms with Crippen LogP contribution in [-0.4, -0.2) is 63.8 Å². The van der Waals surface area contributed by atoms with Crippen molar-refractivity contribution < 1.29 is 13.2 Å². The molecule has 2 heterocycles. The maximum atomic E-state index is 12.6. The monoisotopic (exact) mass is 407 g/mol. The summed E-state index contributed by atoms with van der Waals surface area (Å²) < 4.78 is 27.5.